The van der Waals surface area contributed by atoms with Crippen LogP contribution >= 0.6 is 0 Å². The molecule has 3 aromatic rings. The molecule has 0 aliphatic carbocycles. The number of carbonyl (C=O) groups excluding carboxylic acids is 1. The van der Waals surface area contributed by atoms with Gasteiger partial charge in [0.25, 0.3) is 5.91 Å². The zero-order chi connectivity index (χ0) is 24.1. The Morgan fingerprint density at radius 1 is 1.09 bits per heavy atom. The molecule has 0 bridgehead atoms. The van der Waals surface area contributed by atoms with Crippen LogP contribution < -0.4 is 9.47 Å². The number of amides is 1. The number of hydrogen-bond acceptors (Lipinski definition) is 6. The van der Waals surface area contributed by atoms with E-state index in [1.807, 2.05) is 29.2 Å². The van der Waals surface area contributed by atoms with Crippen LogP contribution in [0.5, 0.6) is 17.2 Å². The van der Waals surface area contributed by atoms with Gasteiger partial charge in [0.1, 0.15) is 17.1 Å². The Morgan fingerprint density at radius 2 is 1.91 bits per heavy atom. The highest BCUT2D eigenvalue weighted by molar-refractivity contribution is 6.00. The van der Waals surface area contributed by atoms with Crippen LogP contribution in [0, 0.1) is 0 Å². The molecular formula is C26H31N3O5. The van der Waals surface area contributed by atoms with Crippen molar-refractivity contribution in [1.82, 2.24) is 15.1 Å². The quantitative estimate of drug-likeness (QED) is 0.403. The number of aromatic nitrogens is 2. The number of carbonyl (C=O) groups is 1. The van der Waals surface area contributed by atoms with Gasteiger partial charge in [-0.1, -0.05) is 31.5 Å². The number of phenolic OH excluding ortho intramolecular Hbond substituents is 1. The zero-order valence-electron chi connectivity index (χ0n) is 19.8. The van der Waals surface area contributed by atoms with Crippen molar-refractivity contribution in [1.29, 1.82) is 0 Å². The van der Waals surface area contributed by atoms with Crippen LogP contribution in [0.15, 0.2) is 42.5 Å². The number of nitrogens with one attached hydrogen (secondary N) is 1. The average molecular weight is 466 g/mol. The Labute approximate surface area is 199 Å². The topological polar surface area (TPSA) is 96.9 Å². The predicted octanol–water partition coefficient (Wildman–Crippen LogP) is 4.55. The molecule has 180 valence electrons. The molecular weight excluding hydrogens is 434 g/mol. The first-order chi connectivity index (χ1) is 16.6. The lowest BCUT2D eigenvalue weighted by atomic mass is 9.95. The minimum Gasteiger partial charge on any atom is -0.507 e. The molecule has 2 N–H and O–H groups in total. The highest BCUT2D eigenvalue weighted by Gasteiger charge is 2.42. The van der Waals surface area contributed by atoms with Crippen LogP contribution in [0.2, 0.25) is 0 Å². The molecule has 4 rings (SSSR count). The van der Waals surface area contributed by atoms with Gasteiger partial charge in [-0.05, 0) is 42.7 Å². The molecule has 1 amide bonds. The molecule has 1 atom stereocenters. The van der Waals surface area contributed by atoms with E-state index in [-0.39, 0.29) is 11.7 Å². The number of nitrogens with zero attached hydrogens (tertiary/aromatic N) is 2. The minimum absolute atomic E-state index is 0.109. The fraction of sp³-hybridized carbons (Fsp3) is 0.385. The molecule has 2 aromatic carbocycles. The molecule has 0 radical (unpaired) electrons. The summed E-state index contributed by atoms with van der Waals surface area (Å²) >= 11 is 0. The van der Waals surface area contributed by atoms with E-state index in [4.69, 9.17) is 14.2 Å². The molecule has 0 fully saturated rings. The van der Waals surface area contributed by atoms with Crippen molar-refractivity contribution < 1.29 is 24.1 Å². The highest BCUT2D eigenvalue weighted by atomic mass is 16.5. The molecule has 8 heteroatoms. The summed E-state index contributed by atoms with van der Waals surface area (Å²) in [4.78, 5) is 15.2. The molecule has 0 unspecified atom stereocenters. The lowest BCUT2D eigenvalue weighted by molar-refractivity contribution is 0.0723. The fourth-order valence-electron chi connectivity index (χ4n) is 4.33. The van der Waals surface area contributed by atoms with E-state index in [2.05, 4.69) is 17.1 Å². The van der Waals surface area contributed by atoms with Gasteiger partial charge in [0, 0.05) is 31.4 Å². The number of unbranched alkanes of at least 4 members (excludes halogenated alkanes) is 1. The normalized spacial score (nSPS) is 15.0. The van der Waals surface area contributed by atoms with Gasteiger partial charge in [-0.25, -0.2) is 0 Å². The summed E-state index contributed by atoms with van der Waals surface area (Å²) in [7, 11) is 3.26. The van der Waals surface area contributed by atoms with Crippen molar-refractivity contribution in [3.05, 3.63) is 59.3 Å². The van der Waals surface area contributed by atoms with Crippen LogP contribution in [0.3, 0.4) is 0 Å². The summed E-state index contributed by atoms with van der Waals surface area (Å²) < 4.78 is 16.7. The molecule has 1 aliphatic heterocycles. The highest BCUT2D eigenvalue weighted by Crippen LogP contribution is 2.45. The van der Waals surface area contributed by atoms with Gasteiger partial charge >= 0.3 is 0 Å². The standard InChI is InChI=1S/C26H31N3O5/c1-4-5-15-34-20-12-11-17(16-21(20)33-3)25-22-23(18-9-6-7-10-19(18)30)27-28-24(22)26(31)29(25)13-8-14-32-2/h6-7,9-12,16,25,30H,4-5,8,13-15H2,1-3H3,(H,27,28)/t25-/m1/s1. The number of para-hydroxylation sites is 1. The number of ether oxygens (including phenoxy) is 3. The maximum atomic E-state index is 13.4. The summed E-state index contributed by atoms with van der Waals surface area (Å²) in [6.07, 6.45) is 2.69. The SMILES string of the molecule is CCCCOc1ccc([C@@H]2c3c(-c4ccccc4O)n[nH]c3C(=O)N2CCCOC)cc1OC. The lowest BCUT2D eigenvalue weighted by Crippen LogP contribution is -2.31. The molecule has 0 saturated carbocycles. The van der Waals surface area contributed by atoms with E-state index < -0.39 is 6.04 Å². The Bertz CT molecular complexity index is 1140. The van der Waals surface area contributed by atoms with Gasteiger partial charge in [-0.3, -0.25) is 9.89 Å². The van der Waals surface area contributed by atoms with E-state index in [1.54, 1.807) is 32.4 Å². The third kappa shape index (κ3) is 4.46. The first-order valence-electron chi connectivity index (χ1n) is 11.6. The summed E-state index contributed by atoms with van der Waals surface area (Å²) in [6, 6.07) is 12.4. The minimum atomic E-state index is -0.397. The van der Waals surface area contributed by atoms with Crippen molar-refractivity contribution in [3.63, 3.8) is 0 Å². The number of hydrogen-bond donors (Lipinski definition) is 2. The number of methoxy groups -OCH3 is 2. The van der Waals surface area contributed by atoms with E-state index >= 15 is 0 Å². The molecule has 2 heterocycles. The van der Waals surface area contributed by atoms with Gasteiger partial charge in [0.05, 0.1) is 19.8 Å². The molecule has 1 aromatic heterocycles. The number of phenols is 1. The maximum Gasteiger partial charge on any atom is 0.273 e. The molecule has 34 heavy (non-hydrogen) atoms. The fourth-order valence-corrected chi connectivity index (χ4v) is 4.33. The van der Waals surface area contributed by atoms with Crippen molar-refractivity contribution in [3.8, 4) is 28.5 Å². The third-order valence-corrected chi connectivity index (χ3v) is 6.03. The molecule has 1 aliphatic rings. The van der Waals surface area contributed by atoms with Crippen molar-refractivity contribution in [2.24, 2.45) is 0 Å². The first-order valence-corrected chi connectivity index (χ1v) is 11.6. The van der Waals surface area contributed by atoms with Gasteiger partial charge in [-0.2, -0.15) is 5.10 Å². The average Bonchev–Trinajstić information content (AvgIpc) is 3.39. The Kier molecular flexibility index (Phi) is 7.37. The largest absolute Gasteiger partial charge is 0.507 e. The number of fused-ring (bicyclic) bond motifs is 1. The van der Waals surface area contributed by atoms with Gasteiger partial charge in [-0.15, -0.1) is 0 Å². The number of aromatic hydroxyl groups is 1. The Morgan fingerprint density at radius 3 is 2.65 bits per heavy atom. The lowest BCUT2D eigenvalue weighted by Gasteiger charge is -2.27. The summed E-state index contributed by atoms with van der Waals surface area (Å²) in [5.74, 6) is 1.26. The van der Waals surface area contributed by atoms with E-state index in [1.165, 1.54) is 0 Å². The second-order valence-corrected chi connectivity index (χ2v) is 8.24. The van der Waals surface area contributed by atoms with Crippen LogP contribution in [-0.4, -0.2) is 60.1 Å². The summed E-state index contributed by atoms with van der Waals surface area (Å²) in [6.45, 7) is 3.78. The molecule has 0 spiro atoms. The van der Waals surface area contributed by atoms with E-state index in [0.717, 1.165) is 24.0 Å². The van der Waals surface area contributed by atoms with Crippen LogP contribution in [0.25, 0.3) is 11.3 Å². The second-order valence-electron chi connectivity index (χ2n) is 8.24. The maximum absolute atomic E-state index is 13.4. The van der Waals surface area contributed by atoms with Gasteiger partial charge < -0.3 is 24.2 Å². The van der Waals surface area contributed by atoms with Gasteiger partial charge in [0.15, 0.2) is 11.5 Å². The molecule has 8 nitrogen and oxygen atoms in total. The molecule has 0 saturated heterocycles. The predicted molar refractivity (Wildman–Crippen MR) is 128 cm³/mol. The number of H-pyrrole nitrogens is 1. The number of rotatable bonds is 11. The van der Waals surface area contributed by atoms with Crippen LogP contribution in [0.1, 0.15) is 53.8 Å². The smallest absolute Gasteiger partial charge is 0.273 e. The van der Waals surface area contributed by atoms with Crippen LogP contribution in [0.4, 0.5) is 0 Å². The van der Waals surface area contributed by atoms with Crippen molar-refractivity contribution >= 4 is 5.91 Å². The van der Waals surface area contributed by atoms with Crippen molar-refractivity contribution in [2.75, 3.05) is 34.0 Å². The van der Waals surface area contributed by atoms with E-state index in [9.17, 15) is 9.90 Å². The Balaban J connectivity index is 1.78. The first kappa shape index (κ1) is 23.6. The number of benzene rings is 2. The second kappa shape index (κ2) is 10.6. The zero-order valence-corrected chi connectivity index (χ0v) is 19.8. The number of aromatic amines is 1. The monoisotopic (exact) mass is 465 g/mol. The summed E-state index contributed by atoms with van der Waals surface area (Å²) in [5.41, 5.74) is 3.18. The summed E-state index contributed by atoms with van der Waals surface area (Å²) in [5, 5.41) is 17.8. The van der Waals surface area contributed by atoms with Crippen LogP contribution in [-0.2, 0) is 4.74 Å². The van der Waals surface area contributed by atoms with Crippen molar-refractivity contribution in [2.45, 2.75) is 32.2 Å². The van der Waals surface area contributed by atoms with E-state index in [0.29, 0.717) is 54.6 Å². The third-order valence-electron chi connectivity index (χ3n) is 6.03. The van der Waals surface area contributed by atoms with Gasteiger partial charge in [0.2, 0.25) is 0 Å². The Hall–Kier alpha value is -3.52.